The first-order valence-electron chi connectivity index (χ1n) is 10.1. The van der Waals surface area contributed by atoms with Crippen LogP contribution in [0.2, 0.25) is 0 Å². The lowest BCUT2D eigenvalue weighted by atomic mass is 10.2. The third-order valence-corrected chi connectivity index (χ3v) is 5.17. The van der Waals surface area contributed by atoms with E-state index in [1.54, 1.807) is 25.1 Å². The van der Waals surface area contributed by atoms with Crippen LogP contribution in [0.15, 0.2) is 94.8 Å². The Morgan fingerprint density at radius 1 is 0.906 bits per heavy atom. The number of hydrogen-bond donors (Lipinski definition) is 1. The molecule has 0 aliphatic heterocycles. The SMILES string of the molecule is Cc1nn(-c2ccccc2)c(O)c1C=Nn1c(-c2ccccc2)nc2ccccc2c1=O. The van der Waals surface area contributed by atoms with Gasteiger partial charge in [-0.3, -0.25) is 4.79 Å². The van der Waals surface area contributed by atoms with Gasteiger partial charge >= 0.3 is 0 Å². The predicted octanol–water partition coefficient (Wildman–Crippen LogP) is 4.15. The van der Waals surface area contributed by atoms with Crippen LogP contribution >= 0.6 is 0 Å². The van der Waals surface area contributed by atoms with Crippen LogP contribution in [0, 0.1) is 6.92 Å². The molecule has 5 aromatic rings. The van der Waals surface area contributed by atoms with Gasteiger partial charge in [-0.2, -0.15) is 14.9 Å². The van der Waals surface area contributed by atoms with Gasteiger partial charge in [-0.15, -0.1) is 0 Å². The van der Waals surface area contributed by atoms with Crippen LogP contribution in [-0.2, 0) is 0 Å². The number of rotatable bonds is 4. The second-order valence-corrected chi connectivity index (χ2v) is 7.25. The summed E-state index contributed by atoms with van der Waals surface area (Å²) in [6.45, 7) is 1.78. The minimum atomic E-state index is -0.293. The number of nitrogens with zero attached hydrogens (tertiary/aromatic N) is 5. The molecule has 0 saturated carbocycles. The second kappa shape index (κ2) is 7.96. The lowest BCUT2D eigenvalue weighted by Crippen LogP contribution is -2.20. The molecule has 0 spiro atoms. The highest BCUT2D eigenvalue weighted by Gasteiger charge is 2.16. The van der Waals surface area contributed by atoms with Crippen LogP contribution in [0.3, 0.4) is 0 Å². The molecule has 2 heterocycles. The van der Waals surface area contributed by atoms with E-state index < -0.39 is 0 Å². The normalized spacial score (nSPS) is 11.4. The minimum absolute atomic E-state index is 0.0551. The highest BCUT2D eigenvalue weighted by Crippen LogP contribution is 2.24. The van der Waals surface area contributed by atoms with Crippen molar-refractivity contribution in [3.05, 3.63) is 107 Å². The molecule has 156 valence electrons. The van der Waals surface area contributed by atoms with Crippen molar-refractivity contribution in [2.45, 2.75) is 6.92 Å². The molecule has 2 aromatic heterocycles. The van der Waals surface area contributed by atoms with Crippen LogP contribution in [0.4, 0.5) is 0 Å². The van der Waals surface area contributed by atoms with Gasteiger partial charge in [0.25, 0.3) is 5.56 Å². The molecule has 0 unspecified atom stereocenters. The molecule has 7 heteroatoms. The molecule has 0 fully saturated rings. The average molecular weight is 421 g/mol. The zero-order valence-electron chi connectivity index (χ0n) is 17.3. The lowest BCUT2D eigenvalue weighted by Gasteiger charge is -2.09. The van der Waals surface area contributed by atoms with Gasteiger partial charge in [-0.1, -0.05) is 60.7 Å². The van der Waals surface area contributed by atoms with Crippen molar-refractivity contribution >= 4 is 17.1 Å². The third-order valence-electron chi connectivity index (χ3n) is 5.17. The molecule has 32 heavy (non-hydrogen) atoms. The van der Waals surface area contributed by atoms with Crippen molar-refractivity contribution in [3.8, 4) is 23.0 Å². The van der Waals surface area contributed by atoms with Gasteiger partial charge in [0.15, 0.2) is 5.82 Å². The highest BCUT2D eigenvalue weighted by molar-refractivity contribution is 5.85. The van der Waals surface area contributed by atoms with E-state index in [0.717, 1.165) is 11.3 Å². The van der Waals surface area contributed by atoms with Crippen molar-refractivity contribution in [2.24, 2.45) is 5.10 Å². The lowest BCUT2D eigenvalue weighted by molar-refractivity contribution is 0.433. The molecule has 0 radical (unpaired) electrons. The molecule has 0 saturated heterocycles. The zero-order valence-corrected chi connectivity index (χ0v) is 17.3. The van der Waals surface area contributed by atoms with Crippen molar-refractivity contribution in [1.29, 1.82) is 0 Å². The van der Waals surface area contributed by atoms with Crippen molar-refractivity contribution < 1.29 is 5.11 Å². The Kier molecular flexibility index (Phi) is 4.84. The van der Waals surface area contributed by atoms with Crippen LogP contribution in [-0.4, -0.2) is 30.8 Å². The Bertz CT molecular complexity index is 1500. The summed E-state index contributed by atoms with van der Waals surface area (Å²) in [4.78, 5) is 17.9. The smallest absolute Gasteiger partial charge is 0.282 e. The van der Waals surface area contributed by atoms with E-state index in [2.05, 4.69) is 15.2 Å². The fraction of sp³-hybridized carbons (Fsp3) is 0.0400. The molecule has 0 bridgehead atoms. The fourth-order valence-electron chi connectivity index (χ4n) is 3.55. The van der Waals surface area contributed by atoms with Gasteiger partial charge in [0.05, 0.1) is 34.1 Å². The quantitative estimate of drug-likeness (QED) is 0.442. The van der Waals surface area contributed by atoms with E-state index in [0.29, 0.717) is 28.0 Å². The second-order valence-electron chi connectivity index (χ2n) is 7.25. The van der Waals surface area contributed by atoms with Crippen molar-refractivity contribution in [1.82, 2.24) is 19.4 Å². The van der Waals surface area contributed by atoms with E-state index in [4.69, 9.17) is 0 Å². The summed E-state index contributed by atoms with van der Waals surface area (Å²) in [6, 6.07) is 25.9. The maximum absolute atomic E-state index is 13.3. The van der Waals surface area contributed by atoms with E-state index >= 15 is 0 Å². The summed E-state index contributed by atoms with van der Waals surface area (Å²) in [5.74, 6) is 0.360. The first-order valence-corrected chi connectivity index (χ1v) is 10.1. The van der Waals surface area contributed by atoms with E-state index in [9.17, 15) is 9.90 Å². The third kappa shape index (κ3) is 3.35. The maximum atomic E-state index is 13.3. The fourth-order valence-corrected chi connectivity index (χ4v) is 3.55. The molecule has 0 atom stereocenters. The van der Waals surface area contributed by atoms with E-state index in [1.807, 2.05) is 66.7 Å². The summed E-state index contributed by atoms with van der Waals surface area (Å²) in [5.41, 5.74) is 2.79. The van der Waals surface area contributed by atoms with Gasteiger partial charge in [0, 0.05) is 5.56 Å². The number of aryl methyl sites for hydroxylation is 1. The number of para-hydroxylation sites is 2. The van der Waals surface area contributed by atoms with E-state index in [1.165, 1.54) is 15.6 Å². The summed E-state index contributed by atoms with van der Waals surface area (Å²) in [7, 11) is 0. The average Bonchev–Trinajstić information content (AvgIpc) is 3.12. The summed E-state index contributed by atoms with van der Waals surface area (Å²) >= 11 is 0. The molecule has 5 rings (SSSR count). The number of aromatic hydroxyl groups is 1. The van der Waals surface area contributed by atoms with Crippen molar-refractivity contribution in [3.63, 3.8) is 0 Å². The summed E-state index contributed by atoms with van der Waals surface area (Å²) in [5, 5.41) is 20.1. The van der Waals surface area contributed by atoms with Crippen LogP contribution in [0.25, 0.3) is 28.0 Å². The van der Waals surface area contributed by atoms with Crippen LogP contribution in [0.5, 0.6) is 5.88 Å². The van der Waals surface area contributed by atoms with E-state index in [-0.39, 0.29) is 11.4 Å². The number of hydrogen-bond acceptors (Lipinski definition) is 5. The Morgan fingerprint density at radius 2 is 1.56 bits per heavy atom. The molecule has 1 N–H and O–H groups in total. The highest BCUT2D eigenvalue weighted by atomic mass is 16.3. The Labute approximate surface area is 183 Å². The molecule has 0 amide bonds. The monoisotopic (exact) mass is 421 g/mol. The molecular formula is C25H19N5O2. The predicted molar refractivity (Wildman–Crippen MR) is 124 cm³/mol. The Hall–Kier alpha value is -4.52. The summed E-state index contributed by atoms with van der Waals surface area (Å²) in [6.07, 6.45) is 1.45. The first kappa shape index (κ1) is 19.4. The van der Waals surface area contributed by atoms with Gasteiger partial charge in [0.1, 0.15) is 0 Å². The van der Waals surface area contributed by atoms with Gasteiger partial charge in [-0.05, 0) is 31.2 Å². The molecule has 7 nitrogen and oxygen atoms in total. The molecular weight excluding hydrogens is 402 g/mol. The minimum Gasteiger partial charge on any atom is -0.493 e. The number of fused-ring (bicyclic) bond motifs is 1. The van der Waals surface area contributed by atoms with Gasteiger partial charge in [0.2, 0.25) is 5.88 Å². The maximum Gasteiger partial charge on any atom is 0.282 e. The van der Waals surface area contributed by atoms with Crippen LogP contribution in [0.1, 0.15) is 11.3 Å². The summed E-state index contributed by atoms with van der Waals surface area (Å²) < 4.78 is 2.70. The first-order chi connectivity index (χ1) is 15.6. The number of aromatic nitrogens is 4. The van der Waals surface area contributed by atoms with Gasteiger partial charge < -0.3 is 5.11 Å². The standard InChI is InChI=1S/C25H19N5O2/c1-17-21(25(32)29(28-17)19-12-6-3-7-13-19)16-26-30-23(18-10-4-2-5-11-18)27-22-15-9-8-14-20(22)24(30)31/h2-16,32H,1H3. The molecule has 0 aliphatic rings. The topological polar surface area (TPSA) is 85.3 Å². The number of benzene rings is 3. The van der Waals surface area contributed by atoms with Gasteiger partial charge in [-0.25, -0.2) is 9.67 Å². The largest absolute Gasteiger partial charge is 0.493 e. The zero-order chi connectivity index (χ0) is 22.1. The van der Waals surface area contributed by atoms with Crippen molar-refractivity contribution in [2.75, 3.05) is 0 Å². The molecule has 0 aliphatic carbocycles. The Morgan fingerprint density at radius 3 is 2.31 bits per heavy atom. The Balaban J connectivity index is 1.67. The van der Waals surface area contributed by atoms with Crippen LogP contribution < -0.4 is 5.56 Å². The molecule has 3 aromatic carbocycles.